The molecule has 1 aliphatic carbocycles. The molecule has 1 saturated carbocycles. The number of piperidine rings is 1. The van der Waals surface area contributed by atoms with E-state index in [1.165, 1.54) is 4.31 Å². The average Bonchev–Trinajstić information content (AvgIpc) is 3.21. The van der Waals surface area contributed by atoms with Crippen molar-refractivity contribution in [3.8, 4) is 0 Å². The molecule has 3 atom stereocenters. The molecule has 8 heteroatoms. The quantitative estimate of drug-likeness (QED) is 0.761. The van der Waals surface area contributed by atoms with Gasteiger partial charge in [-0.25, -0.2) is 12.7 Å². The molecule has 4 heterocycles. The van der Waals surface area contributed by atoms with Gasteiger partial charge in [0.2, 0.25) is 15.9 Å². The van der Waals surface area contributed by atoms with E-state index in [-0.39, 0.29) is 29.4 Å². The van der Waals surface area contributed by atoms with Crippen molar-refractivity contribution in [1.29, 1.82) is 0 Å². The molecule has 5 rings (SSSR count). The molecule has 1 amide bonds. The number of fused-ring (bicyclic) bond motifs is 4. The van der Waals surface area contributed by atoms with Crippen LogP contribution < -0.4 is 0 Å². The van der Waals surface area contributed by atoms with Crippen molar-refractivity contribution >= 4 is 21.9 Å². The lowest BCUT2D eigenvalue weighted by Crippen LogP contribution is -2.60. The number of aliphatic carboxylic acids is 1. The monoisotopic (exact) mass is 342 g/mol. The van der Waals surface area contributed by atoms with Crippen molar-refractivity contribution < 1.29 is 23.1 Å². The maximum atomic E-state index is 13.0. The van der Waals surface area contributed by atoms with Crippen molar-refractivity contribution in [2.75, 3.05) is 31.9 Å². The average molecular weight is 342 g/mol. The molecule has 23 heavy (non-hydrogen) atoms. The molecule has 0 aromatic heterocycles. The number of carbonyl (C=O) groups is 2. The predicted octanol–water partition coefficient (Wildman–Crippen LogP) is -0.0188. The van der Waals surface area contributed by atoms with Gasteiger partial charge in [0.25, 0.3) is 0 Å². The van der Waals surface area contributed by atoms with Crippen LogP contribution in [-0.2, 0) is 19.6 Å². The van der Waals surface area contributed by atoms with Gasteiger partial charge in [0, 0.05) is 26.2 Å². The number of hydrogen-bond acceptors (Lipinski definition) is 4. The first kappa shape index (κ1) is 15.4. The zero-order valence-electron chi connectivity index (χ0n) is 13.0. The smallest absolute Gasteiger partial charge is 0.307 e. The van der Waals surface area contributed by atoms with E-state index in [1.807, 2.05) is 4.90 Å². The first-order chi connectivity index (χ1) is 10.8. The Balaban J connectivity index is 1.47. The molecule has 7 nitrogen and oxygen atoms in total. The van der Waals surface area contributed by atoms with Crippen LogP contribution in [0.15, 0.2) is 0 Å². The first-order valence-electron chi connectivity index (χ1n) is 8.34. The lowest BCUT2D eigenvalue weighted by atomic mass is 9.79. The summed E-state index contributed by atoms with van der Waals surface area (Å²) in [4.78, 5) is 26.0. The molecule has 4 aliphatic heterocycles. The summed E-state index contributed by atoms with van der Waals surface area (Å²) in [6.45, 7) is 2.03. The molecule has 128 valence electrons. The number of likely N-dealkylation sites (tertiary alicyclic amines) is 1. The molecule has 5 aliphatic rings. The number of nitrogens with zero attached hydrogens (tertiary/aromatic N) is 2. The maximum Gasteiger partial charge on any atom is 0.307 e. The zero-order chi connectivity index (χ0) is 16.4. The summed E-state index contributed by atoms with van der Waals surface area (Å²) in [5, 5.41) is 9.14. The van der Waals surface area contributed by atoms with Crippen LogP contribution in [0.2, 0.25) is 0 Å². The molecule has 0 aromatic rings. The second kappa shape index (κ2) is 4.92. The van der Waals surface area contributed by atoms with Crippen molar-refractivity contribution in [2.45, 2.75) is 25.7 Å². The molecule has 1 unspecified atom stereocenters. The minimum atomic E-state index is -3.29. The maximum absolute atomic E-state index is 13.0. The minimum Gasteiger partial charge on any atom is -0.481 e. The SMILES string of the molecule is O=C(O)C1[C@H]2CCN(C(=O)C34CCN(CC3)S(=O)(=O)C4)CC[C@@H]12. The largest absolute Gasteiger partial charge is 0.481 e. The fourth-order valence-corrected chi connectivity index (χ4v) is 6.94. The van der Waals surface area contributed by atoms with Crippen molar-refractivity contribution in [1.82, 2.24) is 9.21 Å². The highest BCUT2D eigenvalue weighted by Gasteiger charge is 2.57. The molecular formula is C15H22N2O5S. The number of carboxylic acid groups (broad SMARTS) is 1. The van der Waals surface area contributed by atoms with Crippen LogP contribution in [0.1, 0.15) is 25.7 Å². The Kier molecular flexibility index (Phi) is 3.29. The molecular weight excluding hydrogens is 320 g/mol. The fourth-order valence-electron chi connectivity index (χ4n) is 4.91. The van der Waals surface area contributed by atoms with Crippen LogP contribution in [0.4, 0.5) is 0 Å². The summed E-state index contributed by atoms with van der Waals surface area (Å²) < 4.78 is 25.8. The van der Waals surface area contributed by atoms with E-state index in [0.717, 1.165) is 12.8 Å². The molecule has 0 spiro atoms. The number of rotatable bonds is 2. The van der Waals surface area contributed by atoms with E-state index in [4.69, 9.17) is 5.11 Å². The third kappa shape index (κ3) is 2.29. The molecule has 4 saturated heterocycles. The Morgan fingerprint density at radius 2 is 1.57 bits per heavy atom. The van der Waals surface area contributed by atoms with Gasteiger partial charge < -0.3 is 10.0 Å². The Hall–Kier alpha value is -1.15. The highest BCUT2D eigenvalue weighted by Crippen LogP contribution is 2.53. The number of sulfonamides is 1. The van der Waals surface area contributed by atoms with E-state index in [9.17, 15) is 18.0 Å². The summed E-state index contributed by atoms with van der Waals surface area (Å²) >= 11 is 0. The van der Waals surface area contributed by atoms with E-state index in [1.54, 1.807) is 0 Å². The summed E-state index contributed by atoms with van der Waals surface area (Å²) in [5.74, 6) is -0.638. The number of carbonyl (C=O) groups excluding carboxylic acids is 1. The van der Waals surface area contributed by atoms with Crippen molar-refractivity contribution in [3.63, 3.8) is 0 Å². The number of hydrogen-bond donors (Lipinski definition) is 1. The van der Waals surface area contributed by atoms with Crippen LogP contribution >= 0.6 is 0 Å². The molecule has 0 radical (unpaired) electrons. The van der Waals surface area contributed by atoms with Gasteiger partial charge in [0.1, 0.15) is 0 Å². The third-order valence-corrected chi connectivity index (χ3v) is 8.42. The van der Waals surface area contributed by atoms with E-state index in [2.05, 4.69) is 0 Å². The zero-order valence-corrected chi connectivity index (χ0v) is 13.8. The molecule has 1 N–H and O–H groups in total. The second-order valence-electron chi connectivity index (χ2n) is 7.50. The third-order valence-electron chi connectivity index (χ3n) is 6.35. The Morgan fingerprint density at radius 1 is 1.00 bits per heavy atom. The summed E-state index contributed by atoms with van der Waals surface area (Å²) in [6.07, 6.45) is 2.68. The molecule has 5 fully saturated rings. The first-order valence-corrected chi connectivity index (χ1v) is 9.95. The van der Waals surface area contributed by atoms with Crippen LogP contribution in [-0.4, -0.2) is 66.5 Å². The fraction of sp³-hybridized carbons (Fsp3) is 0.867. The summed E-state index contributed by atoms with van der Waals surface area (Å²) in [6, 6.07) is 0. The predicted molar refractivity (Wildman–Crippen MR) is 80.9 cm³/mol. The topological polar surface area (TPSA) is 95.0 Å². The standard InChI is InChI=1S/C15H22N2O5S/c18-13(19)12-10-1-5-16(6-2-11(10)12)14(20)15-3-7-17(8-4-15)23(21,22)9-15/h10-12H,1-9H2,(H,18,19)/t10-,11+,12?. The van der Waals surface area contributed by atoms with Crippen LogP contribution in [0.3, 0.4) is 0 Å². The molecule has 2 bridgehead atoms. The second-order valence-corrected chi connectivity index (χ2v) is 9.47. The van der Waals surface area contributed by atoms with Gasteiger partial charge in [-0.15, -0.1) is 0 Å². The normalized spacial score (nSPS) is 44.3. The van der Waals surface area contributed by atoms with E-state index < -0.39 is 21.4 Å². The van der Waals surface area contributed by atoms with Gasteiger partial charge in [-0.2, -0.15) is 0 Å². The highest BCUT2D eigenvalue weighted by molar-refractivity contribution is 7.89. The summed E-state index contributed by atoms with van der Waals surface area (Å²) in [7, 11) is -3.29. The van der Waals surface area contributed by atoms with E-state index >= 15 is 0 Å². The van der Waals surface area contributed by atoms with Crippen molar-refractivity contribution in [3.05, 3.63) is 0 Å². The van der Waals surface area contributed by atoms with Crippen LogP contribution in [0.25, 0.3) is 0 Å². The lowest BCUT2D eigenvalue weighted by Gasteiger charge is -2.47. The molecule has 0 aromatic carbocycles. The van der Waals surface area contributed by atoms with Gasteiger partial charge >= 0.3 is 5.97 Å². The highest BCUT2D eigenvalue weighted by atomic mass is 32.2. The van der Waals surface area contributed by atoms with Gasteiger partial charge in [-0.1, -0.05) is 0 Å². The van der Waals surface area contributed by atoms with E-state index in [0.29, 0.717) is 39.0 Å². The van der Waals surface area contributed by atoms with Gasteiger partial charge in [-0.05, 0) is 37.5 Å². The van der Waals surface area contributed by atoms with Gasteiger partial charge in [0.05, 0.1) is 17.1 Å². The summed E-state index contributed by atoms with van der Waals surface area (Å²) in [5.41, 5.74) is -0.742. The van der Waals surface area contributed by atoms with Gasteiger partial charge in [0.15, 0.2) is 0 Å². The van der Waals surface area contributed by atoms with Crippen LogP contribution in [0, 0.1) is 23.2 Å². The van der Waals surface area contributed by atoms with Crippen LogP contribution in [0.5, 0.6) is 0 Å². The minimum absolute atomic E-state index is 0.0198. The Labute approximate surface area is 135 Å². The number of carboxylic acids is 1. The van der Waals surface area contributed by atoms with Gasteiger partial charge in [-0.3, -0.25) is 9.59 Å². The van der Waals surface area contributed by atoms with Crippen molar-refractivity contribution in [2.24, 2.45) is 23.2 Å². The Bertz CT molecular complexity index is 639. The lowest BCUT2D eigenvalue weighted by molar-refractivity contribution is -0.144. The number of amides is 1. The Morgan fingerprint density at radius 3 is 2.04 bits per heavy atom.